The molecule has 154 valence electrons. The predicted molar refractivity (Wildman–Crippen MR) is 115 cm³/mol. The summed E-state index contributed by atoms with van der Waals surface area (Å²) in [5.41, 5.74) is 0.635. The zero-order valence-corrected chi connectivity index (χ0v) is 17.8. The fourth-order valence-corrected chi connectivity index (χ4v) is 6.12. The maximum absolute atomic E-state index is 12.6. The number of amidine groups is 1. The number of thiophene rings is 1. The minimum Gasteiger partial charge on any atom is -0.335 e. The third-order valence-electron chi connectivity index (χ3n) is 5.43. The first-order chi connectivity index (χ1) is 14.1. The third-order valence-corrected chi connectivity index (χ3v) is 7.80. The van der Waals surface area contributed by atoms with Crippen molar-refractivity contribution in [2.45, 2.75) is 49.5 Å². The Balaban J connectivity index is 1.23. The lowest BCUT2D eigenvalue weighted by molar-refractivity contribution is -0.132. The van der Waals surface area contributed by atoms with Gasteiger partial charge in [-0.2, -0.15) is 0 Å². The summed E-state index contributed by atoms with van der Waals surface area (Å²) in [6, 6.07) is 11.3. The quantitative estimate of drug-likeness (QED) is 0.679. The number of rotatable bonds is 7. The number of nitrogens with one attached hydrogen (secondary N) is 1. The minimum atomic E-state index is -3.48. The molecule has 2 aliphatic rings. The topological polar surface area (TPSA) is 78.8 Å². The normalized spacial score (nSPS) is 21.3. The summed E-state index contributed by atoms with van der Waals surface area (Å²) in [5, 5.41) is 2.07. The average molecular weight is 432 g/mol. The van der Waals surface area contributed by atoms with Crippen molar-refractivity contribution in [1.82, 2.24) is 9.62 Å². The van der Waals surface area contributed by atoms with Gasteiger partial charge in [-0.25, -0.2) is 8.42 Å². The molecule has 1 saturated heterocycles. The van der Waals surface area contributed by atoms with Gasteiger partial charge in [-0.3, -0.25) is 14.5 Å². The molecule has 4 rings (SSSR count). The molecule has 0 saturated carbocycles. The van der Waals surface area contributed by atoms with Gasteiger partial charge >= 0.3 is 0 Å². The highest BCUT2D eigenvalue weighted by molar-refractivity contribution is 7.90. The monoisotopic (exact) mass is 431 g/mol. The maximum Gasteiger partial charge on any atom is 0.263 e. The van der Waals surface area contributed by atoms with Crippen LogP contribution in [-0.4, -0.2) is 38.2 Å². The molecule has 1 N–H and O–H groups in total. The van der Waals surface area contributed by atoms with Crippen LogP contribution in [-0.2, 0) is 14.8 Å². The van der Waals surface area contributed by atoms with Crippen molar-refractivity contribution in [3.8, 4) is 0 Å². The molecule has 0 radical (unpaired) electrons. The van der Waals surface area contributed by atoms with E-state index in [-0.39, 0.29) is 16.8 Å². The van der Waals surface area contributed by atoms with Crippen LogP contribution in [0.5, 0.6) is 0 Å². The van der Waals surface area contributed by atoms with Gasteiger partial charge in [0.15, 0.2) is 0 Å². The summed E-state index contributed by atoms with van der Waals surface area (Å²) in [7, 11) is -3.48. The Morgan fingerprint density at radius 1 is 1.17 bits per heavy atom. The first-order valence-electron chi connectivity index (χ1n) is 10.1. The number of hydrogen-bond donors (Lipinski definition) is 1. The Hall–Kier alpha value is -2.19. The van der Waals surface area contributed by atoms with Gasteiger partial charge in [-0.15, -0.1) is 11.3 Å². The van der Waals surface area contributed by atoms with E-state index in [0.29, 0.717) is 24.4 Å². The van der Waals surface area contributed by atoms with Gasteiger partial charge in [0.25, 0.3) is 10.0 Å². The number of carbonyl (C=O) groups excluding carboxylic acids is 1. The Morgan fingerprint density at radius 2 is 2.03 bits per heavy atom. The van der Waals surface area contributed by atoms with Crippen LogP contribution in [0.15, 0.2) is 51.7 Å². The van der Waals surface area contributed by atoms with E-state index < -0.39 is 10.0 Å². The molecule has 1 unspecified atom stereocenters. The smallest absolute Gasteiger partial charge is 0.263 e. The Morgan fingerprint density at radius 3 is 2.86 bits per heavy atom. The summed E-state index contributed by atoms with van der Waals surface area (Å²) in [6.45, 7) is 1.40. The molecule has 29 heavy (non-hydrogen) atoms. The van der Waals surface area contributed by atoms with Gasteiger partial charge in [0, 0.05) is 30.0 Å². The number of sulfonamides is 1. The average Bonchev–Trinajstić information content (AvgIpc) is 3.44. The van der Waals surface area contributed by atoms with Crippen LogP contribution in [0.25, 0.3) is 0 Å². The van der Waals surface area contributed by atoms with E-state index in [1.165, 1.54) is 4.88 Å². The molecule has 6 nitrogen and oxygen atoms in total. The molecule has 2 aromatic rings. The van der Waals surface area contributed by atoms with Gasteiger partial charge in [0.1, 0.15) is 5.84 Å². The lowest BCUT2D eigenvalue weighted by Gasteiger charge is -2.24. The summed E-state index contributed by atoms with van der Waals surface area (Å²) in [6.07, 6.45) is 5.25. The zero-order valence-electron chi connectivity index (χ0n) is 16.2. The fourth-order valence-electron chi connectivity index (χ4n) is 3.99. The number of fused-ring (bicyclic) bond motifs is 1. The first-order valence-corrected chi connectivity index (χ1v) is 12.4. The first kappa shape index (κ1) is 20.1. The van der Waals surface area contributed by atoms with Gasteiger partial charge in [0.05, 0.1) is 10.9 Å². The van der Waals surface area contributed by atoms with Crippen molar-refractivity contribution >= 4 is 33.1 Å². The predicted octanol–water partition coefficient (Wildman–Crippen LogP) is 3.71. The van der Waals surface area contributed by atoms with Crippen LogP contribution < -0.4 is 4.72 Å². The minimum absolute atomic E-state index is 0.240. The molecule has 1 amide bonds. The van der Waals surface area contributed by atoms with E-state index in [4.69, 9.17) is 0 Å². The standard InChI is InChI=1S/C21H25N3O3S2/c25-20(24-14-6-9-17(24)18-10-7-15-28-18)12-2-1-5-13-22-21-16-8-3-4-11-19(16)29(26,27)23-21/h3-4,7-8,10-11,15,17H,1-2,5-6,9,12-14H2,(H,22,23). The molecule has 1 atom stereocenters. The molecular formula is C21H25N3O3S2. The molecule has 0 spiro atoms. The summed E-state index contributed by atoms with van der Waals surface area (Å²) in [5.74, 6) is 0.664. The van der Waals surface area contributed by atoms with E-state index >= 15 is 0 Å². The largest absolute Gasteiger partial charge is 0.335 e. The Labute approximate surface area is 175 Å². The van der Waals surface area contributed by atoms with Gasteiger partial charge in [-0.1, -0.05) is 24.6 Å². The number of hydrogen-bond acceptors (Lipinski definition) is 5. The van der Waals surface area contributed by atoms with Crippen molar-refractivity contribution in [3.05, 3.63) is 52.2 Å². The van der Waals surface area contributed by atoms with Crippen LogP contribution in [0.1, 0.15) is 55.0 Å². The SMILES string of the molecule is O=C(CCCCCN=C1NS(=O)(=O)c2ccccc21)N1CCCC1c1cccs1. The maximum atomic E-state index is 12.6. The highest BCUT2D eigenvalue weighted by Gasteiger charge is 2.31. The molecule has 1 aromatic heterocycles. The van der Waals surface area contributed by atoms with E-state index in [1.54, 1.807) is 29.5 Å². The molecule has 1 fully saturated rings. The lowest BCUT2D eigenvalue weighted by atomic mass is 10.1. The van der Waals surface area contributed by atoms with Crippen LogP contribution in [0.3, 0.4) is 0 Å². The third kappa shape index (κ3) is 4.38. The molecule has 0 bridgehead atoms. The number of unbranched alkanes of at least 4 members (excludes halogenated alkanes) is 2. The van der Waals surface area contributed by atoms with Crippen LogP contribution in [0.2, 0.25) is 0 Å². The van der Waals surface area contributed by atoms with Crippen molar-refractivity contribution < 1.29 is 13.2 Å². The van der Waals surface area contributed by atoms with Crippen LogP contribution >= 0.6 is 11.3 Å². The Kier molecular flexibility index (Phi) is 6.01. The highest BCUT2D eigenvalue weighted by Crippen LogP contribution is 2.35. The number of amides is 1. The van der Waals surface area contributed by atoms with Crippen molar-refractivity contribution in [2.24, 2.45) is 4.99 Å². The summed E-state index contributed by atoms with van der Waals surface area (Å²) in [4.78, 5) is 20.7. The van der Waals surface area contributed by atoms with Crippen molar-refractivity contribution in [1.29, 1.82) is 0 Å². The zero-order chi connectivity index (χ0) is 20.3. The molecule has 1 aromatic carbocycles. The fraction of sp³-hybridized carbons (Fsp3) is 0.429. The van der Waals surface area contributed by atoms with E-state index in [9.17, 15) is 13.2 Å². The van der Waals surface area contributed by atoms with E-state index in [1.807, 2.05) is 17.0 Å². The summed E-state index contributed by atoms with van der Waals surface area (Å²) >= 11 is 1.73. The molecule has 0 aliphatic carbocycles. The van der Waals surface area contributed by atoms with E-state index in [2.05, 4.69) is 21.2 Å². The van der Waals surface area contributed by atoms with Crippen molar-refractivity contribution in [2.75, 3.05) is 13.1 Å². The number of benzene rings is 1. The van der Waals surface area contributed by atoms with Gasteiger partial charge in [0.2, 0.25) is 5.91 Å². The van der Waals surface area contributed by atoms with Gasteiger partial charge < -0.3 is 4.90 Å². The van der Waals surface area contributed by atoms with Crippen molar-refractivity contribution in [3.63, 3.8) is 0 Å². The molecule has 2 aliphatic heterocycles. The second-order valence-electron chi connectivity index (χ2n) is 7.40. The lowest BCUT2D eigenvalue weighted by Crippen LogP contribution is -2.29. The summed E-state index contributed by atoms with van der Waals surface area (Å²) < 4.78 is 26.7. The highest BCUT2D eigenvalue weighted by atomic mass is 32.2. The number of nitrogens with zero attached hydrogens (tertiary/aromatic N) is 2. The second-order valence-corrected chi connectivity index (χ2v) is 10.0. The molecule has 3 heterocycles. The number of carbonyl (C=O) groups is 1. The van der Waals surface area contributed by atoms with Crippen LogP contribution in [0, 0.1) is 0 Å². The van der Waals surface area contributed by atoms with Gasteiger partial charge in [-0.05, 0) is 49.3 Å². The molecule has 8 heteroatoms. The van der Waals surface area contributed by atoms with E-state index in [0.717, 1.165) is 38.6 Å². The second kappa shape index (κ2) is 8.67. The van der Waals surface area contributed by atoms with Crippen LogP contribution in [0.4, 0.5) is 0 Å². The Bertz CT molecular complexity index is 1000. The number of likely N-dealkylation sites (tertiary alicyclic amines) is 1. The number of aliphatic imine (C=N–C) groups is 1. The molecular weight excluding hydrogens is 406 g/mol.